The average Bonchev–Trinajstić information content (AvgIpc) is 3.37. The summed E-state index contributed by atoms with van der Waals surface area (Å²) in [5, 5.41) is 8.93. The van der Waals surface area contributed by atoms with Gasteiger partial charge in [0, 0.05) is 5.75 Å². The summed E-state index contributed by atoms with van der Waals surface area (Å²) in [6.07, 6.45) is -2.95. The van der Waals surface area contributed by atoms with Crippen LogP contribution in [0.25, 0.3) is 17.3 Å². The maximum Gasteiger partial charge on any atom is 0.416 e. The van der Waals surface area contributed by atoms with Gasteiger partial charge in [-0.2, -0.15) is 13.2 Å². The summed E-state index contributed by atoms with van der Waals surface area (Å²) in [5.74, 6) is 1.39. The molecule has 154 valence electrons. The summed E-state index contributed by atoms with van der Waals surface area (Å²) < 4.78 is 46.9. The molecule has 0 N–H and O–H groups in total. The molecule has 0 amide bonds. The molecule has 0 spiro atoms. The number of aryl methyl sites for hydroxylation is 2. The minimum atomic E-state index is -4.44. The van der Waals surface area contributed by atoms with E-state index in [1.165, 1.54) is 24.1 Å². The van der Waals surface area contributed by atoms with Crippen LogP contribution < -0.4 is 0 Å². The molecule has 4 rings (SSSR count). The van der Waals surface area contributed by atoms with Gasteiger partial charge in [-0.05, 0) is 55.3 Å². The Morgan fingerprint density at radius 1 is 1.00 bits per heavy atom. The highest BCUT2D eigenvalue weighted by molar-refractivity contribution is 7.98. The molecule has 0 saturated heterocycles. The Morgan fingerprint density at radius 2 is 1.83 bits per heavy atom. The van der Waals surface area contributed by atoms with Gasteiger partial charge in [-0.3, -0.25) is 4.57 Å². The molecule has 0 atom stereocenters. The van der Waals surface area contributed by atoms with Crippen molar-refractivity contribution in [2.75, 3.05) is 0 Å². The van der Waals surface area contributed by atoms with Gasteiger partial charge < -0.3 is 4.42 Å². The fourth-order valence-electron chi connectivity index (χ4n) is 3.08. The molecule has 0 unspecified atom stereocenters. The van der Waals surface area contributed by atoms with Gasteiger partial charge >= 0.3 is 6.18 Å². The first-order valence-corrected chi connectivity index (χ1v) is 10.2. The molecule has 0 saturated carbocycles. The van der Waals surface area contributed by atoms with Crippen molar-refractivity contribution in [2.45, 2.75) is 30.9 Å². The van der Waals surface area contributed by atoms with Crippen LogP contribution in [-0.4, -0.2) is 14.8 Å². The van der Waals surface area contributed by atoms with Crippen molar-refractivity contribution in [1.29, 1.82) is 0 Å². The summed E-state index contributed by atoms with van der Waals surface area (Å²) in [5.41, 5.74) is 3.02. The van der Waals surface area contributed by atoms with Crippen LogP contribution in [0.1, 0.15) is 22.3 Å². The molecule has 4 aromatic rings. The molecular weight excluding hydrogens is 411 g/mol. The van der Waals surface area contributed by atoms with Crippen molar-refractivity contribution >= 4 is 11.8 Å². The average molecular weight is 429 g/mol. The molecule has 0 aliphatic rings. The number of alkyl halides is 3. The zero-order valence-electron chi connectivity index (χ0n) is 16.3. The Labute approximate surface area is 175 Å². The lowest BCUT2D eigenvalue weighted by atomic mass is 10.1. The summed E-state index contributed by atoms with van der Waals surface area (Å²) >= 11 is 1.42. The normalized spacial score (nSPS) is 11.8. The predicted molar refractivity (Wildman–Crippen MR) is 110 cm³/mol. The number of benzene rings is 2. The van der Waals surface area contributed by atoms with Gasteiger partial charge in [0.25, 0.3) is 0 Å². The topological polar surface area (TPSA) is 43.9 Å². The molecule has 2 aromatic heterocycles. The molecule has 2 heterocycles. The third kappa shape index (κ3) is 4.14. The molecule has 0 aliphatic heterocycles. The van der Waals surface area contributed by atoms with E-state index in [1.807, 2.05) is 19.9 Å². The second-order valence-corrected chi connectivity index (χ2v) is 7.83. The van der Waals surface area contributed by atoms with Gasteiger partial charge in [0.2, 0.25) is 5.82 Å². The summed E-state index contributed by atoms with van der Waals surface area (Å²) in [6.45, 7) is 4.05. The van der Waals surface area contributed by atoms with E-state index in [1.54, 1.807) is 22.8 Å². The Morgan fingerprint density at radius 3 is 2.57 bits per heavy atom. The van der Waals surface area contributed by atoms with E-state index in [0.29, 0.717) is 28.2 Å². The SMILES string of the molecule is Cc1ccc(C)c(CSc2nnc(-c3ccco3)n2-c2cccc(C(F)(F)F)c2)c1. The smallest absolute Gasteiger partial charge is 0.416 e. The number of aromatic nitrogens is 3. The van der Waals surface area contributed by atoms with Crippen molar-refractivity contribution < 1.29 is 17.6 Å². The van der Waals surface area contributed by atoms with Gasteiger partial charge in [-0.25, -0.2) is 0 Å². The van der Waals surface area contributed by atoms with Crippen LogP contribution in [-0.2, 0) is 11.9 Å². The third-order valence-corrected chi connectivity index (χ3v) is 5.65. The second-order valence-electron chi connectivity index (χ2n) is 6.89. The molecule has 8 heteroatoms. The predicted octanol–water partition coefficient (Wildman–Crippen LogP) is 6.46. The second kappa shape index (κ2) is 8.02. The number of furan rings is 1. The van der Waals surface area contributed by atoms with E-state index >= 15 is 0 Å². The number of hydrogen-bond donors (Lipinski definition) is 0. The molecule has 0 fully saturated rings. The molecule has 0 aliphatic carbocycles. The molecule has 4 nitrogen and oxygen atoms in total. The number of rotatable bonds is 5. The van der Waals surface area contributed by atoms with E-state index in [9.17, 15) is 13.2 Å². The van der Waals surface area contributed by atoms with E-state index in [-0.39, 0.29) is 0 Å². The van der Waals surface area contributed by atoms with Crippen LogP contribution >= 0.6 is 11.8 Å². The Hall–Kier alpha value is -3.00. The Balaban J connectivity index is 1.76. The number of hydrogen-bond acceptors (Lipinski definition) is 4. The quantitative estimate of drug-likeness (QED) is 0.342. The number of halogens is 3. The molecule has 2 aromatic carbocycles. The zero-order valence-corrected chi connectivity index (χ0v) is 17.1. The van der Waals surface area contributed by atoms with E-state index in [0.717, 1.165) is 28.8 Å². The van der Waals surface area contributed by atoms with Crippen molar-refractivity contribution in [1.82, 2.24) is 14.8 Å². The fourth-order valence-corrected chi connectivity index (χ4v) is 4.10. The minimum absolute atomic E-state index is 0.324. The van der Waals surface area contributed by atoms with Gasteiger partial charge in [0.05, 0.1) is 17.5 Å². The number of nitrogens with zero attached hydrogens (tertiary/aromatic N) is 3. The van der Waals surface area contributed by atoms with Crippen LogP contribution in [0.5, 0.6) is 0 Å². The Bertz CT molecular complexity index is 1170. The zero-order chi connectivity index (χ0) is 21.3. The first-order valence-electron chi connectivity index (χ1n) is 9.19. The first-order chi connectivity index (χ1) is 14.3. The monoisotopic (exact) mass is 429 g/mol. The fraction of sp³-hybridized carbons (Fsp3) is 0.182. The largest absolute Gasteiger partial charge is 0.461 e. The van der Waals surface area contributed by atoms with E-state index < -0.39 is 11.7 Å². The van der Waals surface area contributed by atoms with Gasteiger partial charge in [0.1, 0.15) is 0 Å². The molecule has 0 bridgehead atoms. The molecule has 30 heavy (non-hydrogen) atoms. The highest BCUT2D eigenvalue weighted by Gasteiger charge is 2.31. The van der Waals surface area contributed by atoms with Crippen LogP contribution in [0.4, 0.5) is 13.2 Å². The number of thioether (sulfide) groups is 1. The highest BCUT2D eigenvalue weighted by atomic mass is 32.2. The van der Waals surface area contributed by atoms with Crippen molar-refractivity contribution in [3.05, 3.63) is 83.1 Å². The minimum Gasteiger partial charge on any atom is -0.461 e. The van der Waals surface area contributed by atoms with Crippen molar-refractivity contribution in [3.63, 3.8) is 0 Å². The maximum atomic E-state index is 13.3. The van der Waals surface area contributed by atoms with Crippen molar-refractivity contribution in [3.8, 4) is 17.3 Å². The molecular formula is C22H18F3N3OS. The first kappa shape index (κ1) is 20.3. The lowest BCUT2D eigenvalue weighted by Gasteiger charge is -2.13. The van der Waals surface area contributed by atoms with Crippen LogP contribution in [0.3, 0.4) is 0 Å². The van der Waals surface area contributed by atoms with Gasteiger partial charge in [-0.1, -0.05) is 41.6 Å². The van der Waals surface area contributed by atoms with E-state index in [2.05, 4.69) is 22.3 Å². The Kier molecular flexibility index (Phi) is 5.42. The third-order valence-electron chi connectivity index (χ3n) is 4.67. The summed E-state index contributed by atoms with van der Waals surface area (Å²) in [7, 11) is 0. The lowest BCUT2D eigenvalue weighted by molar-refractivity contribution is -0.137. The van der Waals surface area contributed by atoms with E-state index in [4.69, 9.17) is 4.42 Å². The van der Waals surface area contributed by atoms with Crippen LogP contribution in [0, 0.1) is 13.8 Å². The summed E-state index contributed by atoms with van der Waals surface area (Å²) in [4.78, 5) is 0. The van der Waals surface area contributed by atoms with Crippen molar-refractivity contribution in [2.24, 2.45) is 0 Å². The maximum absolute atomic E-state index is 13.3. The standard InChI is InChI=1S/C22H18F3N3OS/c1-14-8-9-15(2)16(11-14)13-30-21-27-26-20(19-7-4-10-29-19)28(21)18-6-3-5-17(12-18)22(23,24)25/h3-12H,13H2,1-2H3. The molecule has 0 radical (unpaired) electrons. The van der Waals surface area contributed by atoms with Gasteiger partial charge in [-0.15, -0.1) is 10.2 Å². The summed E-state index contributed by atoms with van der Waals surface area (Å²) in [6, 6.07) is 14.7. The van der Waals surface area contributed by atoms with Crippen LogP contribution in [0.2, 0.25) is 0 Å². The lowest BCUT2D eigenvalue weighted by Crippen LogP contribution is -2.07. The highest BCUT2D eigenvalue weighted by Crippen LogP contribution is 2.34. The van der Waals surface area contributed by atoms with Gasteiger partial charge in [0.15, 0.2) is 10.9 Å². The van der Waals surface area contributed by atoms with Crippen LogP contribution in [0.15, 0.2) is 70.4 Å².